The molecule has 0 spiro atoms. The Morgan fingerprint density at radius 1 is 1.14 bits per heavy atom. The summed E-state index contributed by atoms with van der Waals surface area (Å²) in [4.78, 5) is 30.3. The molecule has 0 saturated carbocycles. The van der Waals surface area contributed by atoms with E-state index in [2.05, 4.69) is 20.0 Å². The maximum absolute atomic E-state index is 13.2. The van der Waals surface area contributed by atoms with Gasteiger partial charge in [0.05, 0.1) is 10.6 Å². The predicted molar refractivity (Wildman–Crippen MR) is 134 cm³/mol. The Balaban J connectivity index is 1.32. The zero-order chi connectivity index (χ0) is 26.6. The third kappa shape index (κ3) is 6.70. The standard InChI is InChI=1S/C25H30ClF3N6O2/c1-37-33-22(23-20(26)13-19(14-32-23)25(27,28)29)17-5-10-35(11-6-17)24(36)18-3-8-34(9-4-18)15-16-2-7-31-21(30)12-16/h2,7,12-14,17-18H,3-6,8-11,15H2,1H3,(H2,30,31). The van der Waals surface area contributed by atoms with E-state index in [1.54, 1.807) is 6.20 Å². The van der Waals surface area contributed by atoms with E-state index in [4.69, 9.17) is 22.2 Å². The van der Waals surface area contributed by atoms with E-state index in [9.17, 15) is 18.0 Å². The number of nitrogen functional groups attached to an aromatic ring is 1. The van der Waals surface area contributed by atoms with E-state index in [0.717, 1.165) is 50.3 Å². The summed E-state index contributed by atoms with van der Waals surface area (Å²) < 4.78 is 39.0. The monoisotopic (exact) mass is 538 g/mol. The number of hydrogen-bond donors (Lipinski definition) is 1. The molecule has 2 aliphatic rings. The number of amides is 1. The molecule has 0 aliphatic carbocycles. The lowest BCUT2D eigenvalue weighted by atomic mass is 9.88. The predicted octanol–water partition coefficient (Wildman–Crippen LogP) is 4.23. The second kappa shape index (κ2) is 11.6. The van der Waals surface area contributed by atoms with Crippen LogP contribution in [0, 0.1) is 11.8 Å². The number of carbonyl (C=O) groups is 1. The van der Waals surface area contributed by atoms with Crippen LogP contribution in [0.15, 0.2) is 35.7 Å². The number of rotatable bonds is 6. The molecule has 37 heavy (non-hydrogen) atoms. The topological polar surface area (TPSA) is 96.9 Å². The number of piperidine rings is 2. The van der Waals surface area contributed by atoms with E-state index in [0.29, 0.717) is 37.5 Å². The molecular formula is C25H30ClF3N6O2. The summed E-state index contributed by atoms with van der Waals surface area (Å²) in [6.07, 6.45) is 0.685. The molecule has 1 amide bonds. The van der Waals surface area contributed by atoms with Crippen LogP contribution in [0.3, 0.4) is 0 Å². The molecule has 2 fully saturated rings. The van der Waals surface area contributed by atoms with E-state index in [1.807, 2.05) is 17.0 Å². The molecule has 8 nitrogen and oxygen atoms in total. The summed E-state index contributed by atoms with van der Waals surface area (Å²) >= 11 is 6.16. The Labute approximate surface area is 218 Å². The van der Waals surface area contributed by atoms with Crippen LogP contribution in [0.5, 0.6) is 0 Å². The molecular weight excluding hydrogens is 509 g/mol. The summed E-state index contributed by atoms with van der Waals surface area (Å²) in [6.45, 7) is 3.50. The molecule has 12 heteroatoms. The van der Waals surface area contributed by atoms with Crippen LogP contribution in [0.4, 0.5) is 19.0 Å². The van der Waals surface area contributed by atoms with Gasteiger partial charge in [-0.05, 0) is 62.5 Å². The summed E-state index contributed by atoms with van der Waals surface area (Å²) in [5.41, 5.74) is 6.53. The van der Waals surface area contributed by atoms with Crippen molar-refractivity contribution in [2.24, 2.45) is 17.0 Å². The zero-order valence-electron chi connectivity index (χ0n) is 20.5. The highest BCUT2D eigenvalue weighted by atomic mass is 35.5. The average Bonchev–Trinajstić information content (AvgIpc) is 2.87. The van der Waals surface area contributed by atoms with E-state index in [-0.39, 0.29) is 28.5 Å². The number of anilines is 1. The van der Waals surface area contributed by atoms with Crippen molar-refractivity contribution in [2.45, 2.75) is 38.4 Å². The number of nitrogens with two attached hydrogens (primary N) is 1. The molecule has 2 aromatic rings. The number of carbonyl (C=O) groups excluding carboxylic acids is 1. The van der Waals surface area contributed by atoms with Crippen LogP contribution in [0.25, 0.3) is 0 Å². The Hall–Kier alpha value is -2.92. The largest absolute Gasteiger partial charge is 0.417 e. The van der Waals surface area contributed by atoms with Gasteiger partial charge in [0, 0.05) is 43.9 Å². The smallest absolute Gasteiger partial charge is 0.399 e. The molecule has 4 heterocycles. The third-order valence-corrected chi connectivity index (χ3v) is 7.27. The zero-order valence-corrected chi connectivity index (χ0v) is 21.3. The Kier molecular flexibility index (Phi) is 8.53. The summed E-state index contributed by atoms with van der Waals surface area (Å²) in [7, 11) is 1.37. The second-order valence-corrected chi connectivity index (χ2v) is 9.86. The highest BCUT2D eigenvalue weighted by Gasteiger charge is 2.35. The van der Waals surface area contributed by atoms with Crippen molar-refractivity contribution < 1.29 is 22.8 Å². The Morgan fingerprint density at radius 3 is 2.41 bits per heavy atom. The first kappa shape index (κ1) is 27.1. The minimum Gasteiger partial charge on any atom is -0.399 e. The van der Waals surface area contributed by atoms with Crippen molar-refractivity contribution in [2.75, 3.05) is 39.0 Å². The summed E-state index contributed by atoms with van der Waals surface area (Å²) in [5.74, 6) is 0.497. The second-order valence-electron chi connectivity index (χ2n) is 9.45. The quantitative estimate of drug-likeness (QED) is 0.437. The number of likely N-dealkylation sites (tertiary alicyclic amines) is 2. The molecule has 0 bridgehead atoms. The molecule has 0 unspecified atom stereocenters. The van der Waals surface area contributed by atoms with Crippen LogP contribution in [0.1, 0.15) is 42.5 Å². The van der Waals surface area contributed by atoms with Gasteiger partial charge in [-0.2, -0.15) is 13.2 Å². The number of oxime groups is 1. The molecule has 2 aromatic heterocycles. The van der Waals surface area contributed by atoms with Crippen molar-refractivity contribution in [3.63, 3.8) is 0 Å². The fourth-order valence-electron chi connectivity index (χ4n) is 5.01. The number of nitrogens with zero attached hydrogens (tertiary/aromatic N) is 5. The van der Waals surface area contributed by atoms with Crippen molar-refractivity contribution in [3.05, 3.63) is 52.4 Å². The molecule has 0 atom stereocenters. The summed E-state index contributed by atoms with van der Waals surface area (Å²) in [5, 5.41) is 3.91. The van der Waals surface area contributed by atoms with Gasteiger partial charge in [-0.1, -0.05) is 16.8 Å². The molecule has 200 valence electrons. The maximum Gasteiger partial charge on any atom is 0.417 e. The maximum atomic E-state index is 13.2. The Bertz CT molecular complexity index is 1130. The number of hydrogen-bond acceptors (Lipinski definition) is 7. The average molecular weight is 539 g/mol. The van der Waals surface area contributed by atoms with Gasteiger partial charge in [-0.25, -0.2) is 4.98 Å². The third-order valence-electron chi connectivity index (χ3n) is 6.98. The van der Waals surface area contributed by atoms with Gasteiger partial charge in [0.15, 0.2) is 0 Å². The van der Waals surface area contributed by atoms with Gasteiger partial charge in [-0.15, -0.1) is 0 Å². The van der Waals surface area contributed by atoms with Gasteiger partial charge in [-0.3, -0.25) is 14.7 Å². The van der Waals surface area contributed by atoms with E-state index >= 15 is 0 Å². The first-order chi connectivity index (χ1) is 17.7. The molecule has 4 rings (SSSR count). The Morgan fingerprint density at radius 2 is 1.81 bits per heavy atom. The lowest BCUT2D eigenvalue weighted by Gasteiger charge is -2.37. The fourth-order valence-corrected chi connectivity index (χ4v) is 5.27. The van der Waals surface area contributed by atoms with Gasteiger partial charge in [0.2, 0.25) is 5.91 Å². The van der Waals surface area contributed by atoms with Crippen molar-refractivity contribution in [1.82, 2.24) is 19.8 Å². The molecule has 2 N–H and O–H groups in total. The first-order valence-electron chi connectivity index (χ1n) is 12.2. The fraction of sp³-hybridized carbons (Fsp3) is 0.520. The van der Waals surface area contributed by atoms with Gasteiger partial charge < -0.3 is 15.5 Å². The molecule has 2 saturated heterocycles. The highest BCUT2D eigenvalue weighted by molar-refractivity contribution is 6.34. The number of alkyl halides is 3. The van der Waals surface area contributed by atoms with Crippen LogP contribution in [-0.4, -0.2) is 64.7 Å². The minimum absolute atomic E-state index is 0.0200. The van der Waals surface area contributed by atoms with E-state index < -0.39 is 11.7 Å². The van der Waals surface area contributed by atoms with Crippen molar-refractivity contribution >= 4 is 29.0 Å². The molecule has 0 radical (unpaired) electrons. The van der Waals surface area contributed by atoms with Gasteiger partial charge in [0.1, 0.15) is 24.3 Å². The number of pyridine rings is 2. The van der Waals surface area contributed by atoms with Gasteiger partial charge >= 0.3 is 6.18 Å². The summed E-state index contributed by atoms with van der Waals surface area (Å²) in [6, 6.07) is 4.67. The first-order valence-corrected chi connectivity index (χ1v) is 12.6. The number of halogens is 4. The number of aromatic nitrogens is 2. The van der Waals surface area contributed by atoms with Crippen molar-refractivity contribution in [1.29, 1.82) is 0 Å². The van der Waals surface area contributed by atoms with Gasteiger partial charge in [0.25, 0.3) is 0 Å². The van der Waals surface area contributed by atoms with Crippen LogP contribution in [0.2, 0.25) is 5.02 Å². The lowest BCUT2D eigenvalue weighted by Crippen LogP contribution is -2.46. The molecule has 0 aromatic carbocycles. The van der Waals surface area contributed by atoms with Crippen LogP contribution < -0.4 is 5.73 Å². The van der Waals surface area contributed by atoms with E-state index in [1.165, 1.54) is 7.11 Å². The minimum atomic E-state index is -4.54. The lowest BCUT2D eigenvalue weighted by molar-refractivity contribution is -0.138. The van der Waals surface area contributed by atoms with Crippen LogP contribution in [-0.2, 0) is 22.4 Å². The highest BCUT2D eigenvalue weighted by Crippen LogP contribution is 2.33. The van der Waals surface area contributed by atoms with Crippen molar-refractivity contribution in [3.8, 4) is 0 Å². The normalized spacial score (nSPS) is 18.7. The SMILES string of the molecule is CON=C(c1ncc(C(F)(F)F)cc1Cl)C1CCN(C(=O)C2CCN(Cc3ccnc(N)c3)CC2)CC1. The van der Waals surface area contributed by atoms with Crippen LogP contribution >= 0.6 is 11.6 Å². The molecule has 2 aliphatic heterocycles.